The highest BCUT2D eigenvalue weighted by Crippen LogP contribution is 2.39. The summed E-state index contributed by atoms with van der Waals surface area (Å²) in [5, 5.41) is 23.9. The van der Waals surface area contributed by atoms with Crippen LogP contribution in [0.2, 0.25) is 5.02 Å². The summed E-state index contributed by atoms with van der Waals surface area (Å²) in [6, 6.07) is 28.6. The van der Waals surface area contributed by atoms with Gasteiger partial charge in [0.1, 0.15) is 12.7 Å². The zero-order chi connectivity index (χ0) is 27.9. The van der Waals surface area contributed by atoms with Crippen molar-refractivity contribution in [2.24, 2.45) is 0 Å². The molecule has 0 atom stereocenters. The minimum atomic E-state index is -0.307. The Morgan fingerprint density at radius 1 is 1.02 bits per heavy atom. The number of fused-ring (bicyclic) bond motifs is 1. The smallest absolute Gasteiger partial charge is 0.257 e. The lowest BCUT2D eigenvalue weighted by Crippen LogP contribution is -2.11. The van der Waals surface area contributed by atoms with Gasteiger partial charge in [-0.2, -0.15) is 5.26 Å². The van der Waals surface area contributed by atoms with Gasteiger partial charge in [-0.3, -0.25) is 10.1 Å². The van der Waals surface area contributed by atoms with E-state index in [1.807, 2.05) is 37.3 Å². The van der Waals surface area contributed by atoms with Crippen LogP contribution in [-0.4, -0.2) is 22.7 Å². The second-order valence-electron chi connectivity index (χ2n) is 8.59. The van der Waals surface area contributed by atoms with Gasteiger partial charge >= 0.3 is 0 Å². The van der Waals surface area contributed by atoms with Gasteiger partial charge in [0.2, 0.25) is 5.13 Å². The van der Waals surface area contributed by atoms with Gasteiger partial charge in [-0.15, -0.1) is 10.2 Å². The van der Waals surface area contributed by atoms with Gasteiger partial charge in [0.15, 0.2) is 16.5 Å². The molecule has 7 nitrogen and oxygen atoms in total. The highest BCUT2D eigenvalue weighted by molar-refractivity contribution is 7.16. The van der Waals surface area contributed by atoms with Crippen LogP contribution in [0.25, 0.3) is 22.4 Å². The summed E-state index contributed by atoms with van der Waals surface area (Å²) in [4.78, 5) is 12.4. The fourth-order valence-corrected chi connectivity index (χ4v) is 5.07. The Bertz CT molecular complexity index is 1740. The predicted molar refractivity (Wildman–Crippen MR) is 159 cm³/mol. The van der Waals surface area contributed by atoms with Crippen LogP contribution in [0.1, 0.15) is 33.4 Å². The van der Waals surface area contributed by atoms with Gasteiger partial charge in [0.25, 0.3) is 5.91 Å². The summed E-state index contributed by atoms with van der Waals surface area (Å²) in [5.74, 6) is 0.582. The minimum Gasteiger partial charge on any atom is -0.490 e. The molecular formula is C31H23ClN4O3S. The first-order valence-electron chi connectivity index (χ1n) is 12.4. The molecule has 0 bridgehead atoms. The number of carbonyl (C=O) groups is 1. The van der Waals surface area contributed by atoms with Crippen LogP contribution in [0, 0.1) is 11.3 Å². The molecule has 5 aromatic rings. The predicted octanol–water partition coefficient (Wildman–Crippen LogP) is 7.64. The van der Waals surface area contributed by atoms with Gasteiger partial charge in [-0.1, -0.05) is 83.6 Å². The topological polar surface area (TPSA) is 97.1 Å². The number of nitriles is 1. The van der Waals surface area contributed by atoms with Crippen molar-refractivity contribution >= 4 is 56.4 Å². The maximum absolute atomic E-state index is 12.4. The zero-order valence-electron chi connectivity index (χ0n) is 21.4. The molecule has 0 aliphatic heterocycles. The highest BCUT2D eigenvalue weighted by atomic mass is 35.5. The molecule has 1 heterocycles. The van der Waals surface area contributed by atoms with Crippen LogP contribution < -0.4 is 14.8 Å². The van der Waals surface area contributed by atoms with E-state index in [0.29, 0.717) is 45.9 Å². The Balaban J connectivity index is 1.37. The molecule has 0 radical (unpaired) electrons. The van der Waals surface area contributed by atoms with E-state index in [1.165, 1.54) is 0 Å². The molecule has 198 valence electrons. The summed E-state index contributed by atoms with van der Waals surface area (Å²) in [6.45, 7) is 2.58. The lowest BCUT2D eigenvalue weighted by molar-refractivity contribution is 0.102. The number of amides is 1. The number of ether oxygens (including phenoxy) is 2. The van der Waals surface area contributed by atoms with Crippen LogP contribution in [0.15, 0.2) is 84.9 Å². The van der Waals surface area contributed by atoms with Gasteiger partial charge in [-0.05, 0) is 59.2 Å². The van der Waals surface area contributed by atoms with Gasteiger partial charge < -0.3 is 9.47 Å². The molecule has 5 rings (SSSR count). The second kappa shape index (κ2) is 12.4. The van der Waals surface area contributed by atoms with Gasteiger partial charge in [0.05, 0.1) is 17.2 Å². The molecule has 0 aliphatic carbocycles. The molecule has 0 saturated heterocycles. The van der Waals surface area contributed by atoms with Crippen molar-refractivity contribution < 1.29 is 14.3 Å². The van der Waals surface area contributed by atoms with Gasteiger partial charge in [0, 0.05) is 5.56 Å². The van der Waals surface area contributed by atoms with E-state index in [4.69, 9.17) is 21.1 Å². The summed E-state index contributed by atoms with van der Waals surface area (Å²) in [5.41, 5.74) is 2.42. The van der Waals surface area contributed by atoms with Crippen molar-refractivity contribution in [3.8, 4) is 17.6 Å². The molecule has 0 aliphatic rings. The Hall–Kier alpha value is -4.71. The third kappa shape index (κ3) is 6.12. The van der Waals surface area contributed by atoms with E-state index in [0.717, 1.165) is 27.7 Å². The normalized spacial score (nSPS) is 11.2. The molecule has 0 saturated carbocycles. The minimum absolute atomic E-state index is 0.264. The lowest BCUT2D eigenvalue weighted by Gasteiger charge is -2.15. The number of hydrogen-bond donors (Lipinski definition) is 1. The number of hydrogen-bond acceptors (Lipinski definition) is 7. The molecule has 40 heavy (non-hydrogen) atoms. The Morgan fingerprint density at radius 2 is 1.80 bits per heavy atom. The maximum atomic E-state index is 12.4. The van der Waals surface area contributed by atoms with Crippen LogP contribution >= 0.6 is 22.9 Å². The van der Waals surface area contributed by atoms with Crippen molar-refractivity contribution in [2.45, 2.75) is 13.5 Å². The van der Waals surface area contributed by atoms with Crippen LogP contribution in [0.3, 0.4) is 0 Å². The molecule has 9 heteroatoms. The molecular weight excluding hydrogens is 544 g/mol. The van der Waals surface area contributed by atoms with E-state index >= 15 is 0 Å². The van der Waals surface area contributed by atoms with Crippen LogP contribution in [0.4, 0.5) is 5.13 Å². The van der Waals surface area contributed by atoms with Crippen molar-refractivity contribution in [1.29, 1.82) is 5.26 Å². The van der Waals surface area contributed by atoms with E-state index in [1.54, 1.807) is 42.5 Å². The van der Waals surface area contributed by atoms with Crippen molar-refractivity contribution in [1.82, 2.24) is 10.2 Å². The van der Waals surface area contributed by atoms with Gasteiger partial charge in [-0.25, -0.2) is 0 Å². The third-order valence-corrected chi connectivity index (χ3v) is 7.08. The number of rotatable bonds is 9. The first-order valence-corrected chi connectivity index (χ1v) is 13.6. The summed E-state index contributed by atoms with van der Waals surface area (Å²) in [7, 11) is 0. The largest absolute Gasteiger partial charge is 0.490 e. The number of anilines is 1. The first kappa shape index (κ1) is 26.9. The molecule has 1 aromatic heterocycles. The number of allylic oxidation sites excluding steroid dienone is 1. The van der Waals surface area contributed by atoms with E-state index in [-0.39, 0.29) is 16.6 Å². The number of halogens is 1. The third-order valence-electron chi connectivity index (χ3n) is 5.93. The van der Waals surface area contributed by atoms with Crippen molar-refractivity contribution in [3.05, 3.63) is 112 Å². The quantitative estimate of drug-likeness (QED) is 0.184. The Kier molecular flexibility index (Phi) is 8.35. The van der Waals surface area contributed by atoms with Crippen LogP contribution in [-0.2, 0) is 6.61 Å². The Labute approximate surface area is 240 Å². The summed E-state index contributed by atoms with van der Waals surface area (Å²) < 4.78 is 12.0. The molecule has 0 spiro atoms. The fraction of sp³-hybridized carbons (Fsp3) is 0.0968. The molecule has 0 unspecified atom stereocenters. The average molecular weight is 567 g/mol. The summed E-state index contributed by atoms with van der Waals surface area (Å²) >= 11 is 7.76. The highest BCUT2D eigenvalue weighted by Gasteiger charge is 2.16. The van der Waals surface area contributed by atoms with Crippen molar-refractivity contribution in [2.75, 3.05) is 11.9 Å². The first-order chi connectivity index (χ1) is 19.6. The summed E-state index contributed by atoms with van der Waals surface area (Å²) in [6.07, 6.45) is 1.65. The fourth-order valence-electron chi connectivity index (χ4n) is 4.09. The Morgan fingerprint density at radius 3 is 2.60 bits per heavy atom. The standard InChI is InChI=1S/C31H23ClN4O3S/c1-2-38-27-17-20(16-26(32)28(27)39-19-23-13-8-12-21-9-6-7-14-25(21)23)15-24(18-33)30-35-36-31(40-30)34-29(37)22-10-4-3-5-11-22/h3-17H,2,19H2,1H3,(H,34,36,37)/b24-15-. The monoisotopic (exact) mass is 566 g/mol. The molecule has 0 fully saturated rings. The number of benzene rings is 4. The number of aromatic nitrogens is 2. The van der Waals surface area contributed by atoms with Crippen molar-refractivity contribution in [3.63, 3.8) is 0 Å². The van der Waals surface area contributed by atoms with E-state index in [2.05, 4.69) is 39.8 Å². The number of nitrogens with one attached hydrogen (secondary N) is 1. The maximum Gasteiger partial charge on any atom is 0.257 e. The van der Waals surface area contributed by atoms with E-state index in [9.17, 15) is 10.1 Å². The molecule has 4 aromatic carbocycles. The lowest BCUT2D eigenvalue weighted by atomic mass is 10.1. The molecule has 1 N–H and O–H groups in total. The van der Waals surface area contributed by atoms with E-state index < -0.39 is 0 Å². The number of nitrogens with zero attached hydrogens (tertiary/aromatic N) is 3. The second-order valence-corrected chi connectivity index (χ2v) is 9.98. The molecule has 1 amide bonds. The SMILES string of the molecule is CCOc1cc(/C=C(/C#N)c2nnc(NC(=O)c3ccccc3)s2)cc(Cl)c1OCc1cccc2ccccc12. The average Bonchev–Trinajstić information content (AvgIpc) is 3.44. The number of carbonyl (C=O) groups excluding carboxylic acids is 1. The van der Waals surface area contributed by atoms with Crippen LogP contribution in [0.5, 0.6) is 11.5 Å². The zero-order valence-corrected chi connectivity index (χ0v) is 23.0.